The fourth-order valence-electron chi connectivity index (χ4n) is 1.98. The van der Waals surface area contributed by atoms with E-state index in [1.165, 1.54) is 11.3 Å². The van der Waals surface area contributed by atoms with Gasteiger partial charge in [-0.25, -0.2) is 14.8 Å². The van der Waals surface area contributed by atoms with E-state index in [0.717, 1.165) is 17.1 Å². The number of thiazole rings is 1. The van der Waals surface area contributed by atoms with Gasteiger partial charge < -0.3 is 10.1 Å². The van der Waals surface area contributed by atoms with Gasteiger partial charge in [0.15, 0.2) is 11.6 Å². The first-order chi connectivity index (χ1) is 10.5. The van der Waals surface area contributed by atoms with Gasteiger partial charge in [0.25, 0.3) is 0 Å². The third kappa shape index (κ3) is 3.54. The highest BCUT2D eigenvalue weighted by molar-refractivity contribution is 7.09. The minimum atomic E-state index is -0.519. The molecule has 0 fully saturated rings. The quantitative estimate of drug-likeness (QED) is 0.886. The molecule has 0 radical (unpaired) electrons. The van der Waals surface area contributed by atoms with Crippen molar-refractivity contribution in [3.05, 3.63) is 34.4 Å². The summed E-state index contributed by atoms with van der Waals surface area (Å²) in [4.78, 5) is 20.9. The SMILES string of the molecule is CC[C@](C)(NC(=O)Nc1nc(C)ccc1OC)c1nccs1. The fraction of sp³-hybridized carbons (Fsp3) is 0.400. The van der Waals surface area contributed by atoms with Crippen LogP contribution in [0.15, 0.2) is 23.7 Å². The van der Waals surface area contributed by atoms with Crippen LogP contribution < -0.4 is 15.4 Å². The number of pyridine rings is 1. The zero-order valence-corrected chi connectivity index (χ0v) is 14.0. The van der Waals surface area contributed by atoms with Crippen LogP contribution in [0.25, 0.3) is 0 Å². The molecule has 2 aromatic heterocycles. The van der Waals surface area contributed by atoms with Gasteiger partial charge in [-0.05, 0) is 32.4 Å². The lowest BCUT2D eigenvalue weighted by Crippen LogP contribution is -2.45. The first kappa shape index (κ1) is 16.2. The lowest BCUT2D eigenvalue weighted by atomic mass is 10.0. The van der Waals surface area contributed by atoms with Crippen molar-refractivity contribution in [2.75, 3.05) is 12.4 Å². The number of carbonyl (C=O) groups is 1. The van der Waals surface area contributed by atoms with E-state index in [2.05, 4.69) is 20.6 Å². The number of urea groups is 1. The number of hydrogen-bond donors (Lipinski definition) is 2. The molecule has 6 nitrogen and oxygen atoms in total. The van der Waals surface area contributed by atoms with Gasteiger partial charge in [0.2, 0.25) is 0 Å². The van der Waals surface area contributed by atoms with Crippen LogP contribution in [0.1, 0.15) is 31.0 Å². The van der Waals surface area contributed by atoms with Crippen molar-refractivity contribution in [1.82, 2.24) is 15.3 Å². The van der Waals surface area contributed by atoms with Crippen molar-refractivity contribution in [2.45, 2.75) is 32.7 Å². The molecule has 0 spiro atoms. The molecular formula is C15H20N4O2S. The molecule has 0 bridgehead atoms. The Morgan fingerprint density at radius 3 is 2.82 bits per heavy atom. The molecule has 0 aliphatic carbocycles. The van der Waals surface area contributed by atoms with Gasteiger partial charge >= 0.3 is 6.03 Å². The summed E-state index contributed by atoms with van der Waals surface area (Å²) in [5.41, 5.74) is 0.282. The normalized spacial score (nSPS) is 13.3. The maximum Gasteiger partial charge on any atom is 0.321 e. The standard InChI is InChI=1S/C15H20N4O2S/c1-5-15(3,13-16-8-9-22-13)19-14(20)18-12-11(21-4)7-6-10(2)17-12/h6-9H,5H2,1-4H3,(H2,17,18,19,20)/t15-/m0/s1. The Hall–Kier alpha value is -2.15. The number of rotatable bonds is 5. The molecule has 2 heterocycles. The number of aryl methyl sites for hydroxylation is 1. The maximum absolute atomic E-state index is 12.3. The molecule has 0 unspecified atom stereocenters. The fourth-order valence-corrected chi connectivity index (χ4v) is 2.80. The number of ether oxygens (including phenoxy) is 1. The highest BCUT2D eigenvalue weighted by Gasteiger charge is 2.29. The predicted octanol–water partition coefficient (Wildman–Crippen LogP) is 3.30. The molecule has 0 aliphatic heterocycles. The van der Waals surface area contributed by atoms with E-state index < -0.39 is 5.54 Å². The van der Waals surface area contributed by atoms with Gasteiger partial charge in [0, 0.05) is 17.3 Å². The average molecular weight is 320 g/mol. The second kappa shape index (κ2) is 6.74. The second-order valence-electron chi connectivity index (χ2n) is 5.11. The van der Waals surface area contributed by atoms with Crippen LogP contribution in [-0.4, -0.2) is 23.1 Å². The lowest BCUT2D eigenvalue weighted by molar-refractivity contribution is 0.237. The molecule has 2 rings (SSSR count). The summed E-state index contributed by atoms with van der Waals surface area (Å²) in [7, 11) is 1.54. The van der Waals surface area contributed by atoms with Gasteiger partial charge in [-0.2, -0.15) is 0 Å². The second-order valence-corrected chi connectivity index (χ2v) is 6.00. The predicted molar refractivity (Wildman–Crippen MR) is 87.4 cm³/mol. The van der Waals surface area contributed by atoms with E-state index in [9.17, 15) is 4.79 Å². The van der Waals surface area contributed by atoms with E-state index in [1.807, 2.05) is 32.2 Å². The summed E-state index contributed by atoms with van der Waals surface area (Å²) in [6.07, 6.45) is 2.46. The number of carbonyl (C=O) groups excluding carboxylic acids is 1. The van der Waals surface area contributed by atoms with Gasteiger partial charge in [-0.3, -0.25) is 5.32 Å². The minimum Gasteiger partial charge on any atom is -0.493 e. The molecule has 2 aromatic rings. The van der Waals surface area contributed by atoms with Crippen LogP contribution >= 0.6 is 11.3 Å². The molecule has 22 heavy (non-hydrogen) atoms. The van der Waals surface area contributed by atoms with Crippen molar-refractivity contribution in [2.24, 2.45) is 0 Å². The molecule has 118 valence electrons. The zero-order chi connectivity index (χ0) is 16.2. The molecule has 0 aromatic carbocycles. The largest absolute Gasteiger partial charge is 0.493 e. The lowest BCUT2D eigenvalue weighted by Gasteiger charge is -2.27. The van der Waals surface area contributed by atoms with E-state index in [1.54, 1.807) is 19.4 Å². The van der Waals surface area contributed by atoms with Gasteiger partial charge in [-0.1, -0.05) is 6.92 Å². The molecule has 7 heteroatoms. The third-order valence-corrected chi connectivity index (χ3v) is 4.49. The van der Waals surface area contributed by atoms with E-state index in [4.69, 9.17) is 4.74 Å². The number of amides is 2. The highest BCUT2D eigenvalue weighted by atomic mass is 32.1. The summed E-state index contributed by atoms with van der Waals surface area (Å²) < 4.78 is 5.21. The summed E-state index contributed by atoms with van der Waals surface area (Å²) in [6, 6.07) is 3.27. The van der Waals surface area contributed by atoms with Crippen LogP contribution in [-0.2, 0) is 5.54 Å². The Balaban J connectivity index is 2.14. The summed E-state index contributed by atoms with van der Waals surface area (Å²) in [6.45, 7) is 5.81. The molecule has 1 atom stereocenters. The first-order valence-corrected chi connectivity index (χ1v) is 7.87. The van der Waals surface area contributed by atoms with Crippen molar-refractivity contribution >= 4 is 23.2 Å². The Morgan fingerprint density at radius 2 is 2.23 bits per heavy atom. The van der Waals surface area contributed by atoms with Gasteiger partial charge in [0.1, 0.15) is 5.01 Å². The topological polar surface area (TPSA) is 76.1 Å². The zero-order valence-electron chi connectivity index (χ0n) is 13.1. The first-order valence-electron chi connectivity index (χ1n) is 6.99. The van der Waals surface area contributed by atoms with E-state index >= 15 is 0 Å². The van der Waals surface area contributed by atoms with Crippen molar-refractivity contribution in [3.63, 3.8) is 0 Å². The number of methoxy groups -OCH3 is 1. The minimum absolute atomic E-state index is 0.337. The molecule has 2 N–H and O–H groups in total. The molecule has 0 saturated heterocycles. The van der Waals surface area contributed by atoms with E-state index in [-0.39, 0.29) is 6.03 Å². The smallest absolute Gasteiger partial charge is 0.321 e. The van der Waals surface area contributed by atoms with Gasteiger partial charge in [-0.15, -0.1) is 11.3 Å². The number of nitrogens with one attached hydrogen (secondary N) is 2. The Kier molecular flexibility index (Phi) is 4.97. The molecule has 0 aliphatic rings. The van der Waals surface area contributed by atoms with E-state index in [0.29, 0.717) is 11.6 Å². The molecular weight excluding hydrogens is 300 g/mol. The van der Waals surface area contributed by atoms with Gasteiger partial charge in [0.05, 0.1) is 12.6 Å². The average Bonchev–Trinajstić information content (AvgIpc) is 3.02. The summed E-state index contributed by atoms with van der Waals surface area (Å²) in [5.74, 6) is 0.922. The third-order valence-electron chi connectivity index (χ3n) is 3.45. The van der Waals surface area contributed by atoms with Crippen molar-refractivity contribution in [3.8, 4) is 5.75 Å². The molecule has 0 saturated carbocycles. The molecule has 2 amide bonds. The summed E-state index contributed by atoms with van der Waals surface area (Å²) in [5, 5.41) is 8.48. The number of nitrogens with zero attached hydrogens (tertiary/aromatic N) is 2. The van der Waals surface area contributed by atoms with Crippen molar-refractivity contribution < 1.29 is 9.53 Å². The van der Waals surface area contributed by atoms with Crippen molar-refractivity contribution in [1.29, 1.82) is 0 Å². The van der Waals surface area contributed by atoms with Crippen LogP contribution in [0.4, 0.5) is 10.6 Å². The summed E-state index contributed by atoms with van der Waals surface area (Å²) >= 11 is 1.52. The number of hydrogen-bond acceptors (Lipinski definition) is 5. The van der Waals surface area contributed by atoms with Crippen LogP contribution in [0.2, 0.25) is 0 Å². The van der Waals surface area contributed by atoms with Crippen LogP contribution in [0.3, 0.4) is 0 Å². The highest BCUT2D eigenvalue weighted by Crippen LogP contribution is 2.27. The number of anilines is 1. The number of aromatic nitrogens is 2. The Morgan fingerprint density at radius 1 is 1.45 bits per heavy atom. The monoisotopic (exact) mass is 320 g/mol. The van der Waals surface area contributed by atoms with Crippen LogP contribution in [0, 0.1) is 6.92 Å². The van der Waals surface area contributed by atoms with Crippen LogP contribution in [0.5, 0.6) is 5.75 Å². The Labute approximate surface area is 133 Å². The Bertz CT molecular complexity index is 645. The maximum atomic E-state index is 12.3.